The van der Waals surface area contributed by atoms with Gasteiger partial charge in [0.15, 0.2) is 11.4 Å². The second kappa shape index (κ2) is 6.62. The van der Waals surface area contributed by atoms with Crippen LogP contribution in [0.5, 0.6) is 5.75 Å². The molecule has 1 atom stereocenters. The maximum absolute atomic E-state index is 12.3. The highest BCUT2D eigenvalue weighted by Crippen LogP contribution is 2.19. The molecule has 116 valence electrons. The van der Waals surface area contributed by atoms with Gasteiger partial charge in [-0.3, -0.25) is 4.79 Å². The van der Waals surface area contributed by atoms with Crippen molar-refractivity contribution in [3.63, 3.8) is 0 Å². The molecular formula is C16H19N3O3. The van der Waals surface area contributed by atoms with E-state index in [1.54, 1.807) is 10.9 Å². The molecule has 0 spiro atoms. The van der Waals surface area contributed by atoms with Crippen LogP contribution in [0.3, 0.4) is 0 Å². The maximum atomic E-state index is 12.3. The number of rotatable bonds is 5. The van der Waals surface area contributed by atoms with Crippen LogP contribution < -0.4 is 10.1 Å². The molecule has 1 amide bonds. The Kier molecular flexibility index (Phi) is 4.39. The highest BCUT2D eigenvalue weighted by atomic mass is 16.5. The minimum atomic E-state index is -0.224. The van der Waals surface area contributed by atoms with E-state index in [1.165, 1.54) is 7.11 Å². The zero-order valence-electron chi connectivity index (χ0n) is 12.5. The van der Waals surface area contributed by atoms with Gasteiger partial charge in [-0.05, 0) is 18.6 Å². The average molecular weight is 301 g/mol. The van der Waals surface area contributed by atoms with Crippen molar-refractivity contribution in [2.75, 3.05) is 26.9 Å². The van der Waals surface area contributed by atoms with Crippen LogP contribution in [0.2, 0.25) is 0 Å². The molecule has 1 aliphatic rings. The Labute approximate surface area is 129 Å². The summed E-state index contributed by atoms with van der Waals surface area (Å²) in [4.78, 5) is 12.3. The van der Waals surface area contributed by atoms with Gasteiger partial charge in [0.05, 0.1) is 25.6 Å². The third-order valence-electron chi connectivity index (χ3n) is 3.71. The van der Waals surface area contributed by atoms with Crippen LogP contribution in [0.25, 0.3) is 5.69 Å². The molecule has 1 aliphatic heterocycles. The van der Waals surface area contributed by atoms with Gasteiger partial charge in [-0.2, -0.15) is 5.10 Å². The van der Waals surface area contributed by atoms with Crippen LogP contribution in [0.1, 0.15) is 16.9 Å². The molecule has 6 heteroatoms. The summed E-state index contributed by atoms with van der Waals surface area (Å²) in [5.74, 6) is 0.619. The molecule has 1 aromatic carbocycles. The molecule has 0 saturated carbocycles. The smallest absolute Gasteiger partial charge is 0.275 e. The number of hydrogen-bond donors (Lipinski definition) is 1. The van der Waals surface area contributed by atoms with Gasteiger partial charge in [0.25, 0.3) is 5.91 Å². The fourth-order valence-electron chi connectivity index (χ4n) is 2.44. The minimum absolute atomic E-state index is 0.224. The van der Waals surface area contributed by atoms with Crippen molar-refractivity contribution in [2.45, 2.75) is 6.42 Å². The molecule has 1 fully saturated rings. The van der Waals surface area contributed by atoms with Crippen LogP contribution in [-0.4, -0.2) is 42.6 Å². The van der Waals surface area contributed by atoms with E-state index in [1.807, 2.05) is 30.3 Å². The molecule has 6 nitrogen and oxygen atoms in total. The Bertz CT molecular complexity index is 633. The van der Waals surface area contributed by atoms with Gasteiger partial charge in [0.2, 0.25) is 0 Å². The Morgan fingerprint density at radius 3 is 2.95 bits per heavy atom. The number of carbonyl (C=O) groups excluding carboxylic acids is 1. The number of nitrogens with zero attached hydrogens (tertiary/aromatic N) is 2. The molecule has 22 heavy (non-hydrogen) atoms. The Hall–Kier alpha value is -2.34. The van der Waals surface area contributed by atoms with Crippen molar-refractivity contribution >= 4 is 5.91 Å². The number of aromatic nitrogens is 2. The second-order valence-corrected chi connectivity index (χ2v) is 5.27. The number of methoxy groups -OCH3 is 1. The number of ether oxygens (including phenoxy) is 2. The van der Waals surface area contributed by atoms with Gasteiger partial charge < -0.3 is 14.8 Å². The van der Waals surface area contributed by atoms with E-state index in [0.717, 1.165) is 18.7 Å². The van der Waals surface area contributed by atoms with Crippen LogP contribution in [0, 0.1) is 5.92 Å². The van der Waals surface area contributed by atoms with E-state index in [4.69, 9.17) is 9.47 Å². The zero-order valence-corrected chi connectivity index (χ0v) is 12.5. The van der Waals surface area contributed by atoms with E-state index in [0.29, 0.717) is 30.5 Å². The largest absolute Gasteiger partial charge is 0.493 e. The normalized spacial score (nSPS) is 17.4. The van der Waals surface area contributed by atoms with E-state index >= 15 is 0 Å². The summed E-state index contributed by atoms with van der Waals surface area (Å²) in [6.07, 6.45) is 2.69. The van der Waals surface area contributed by atoms with Crippen LogP contribution in [0.4, 0.5) is 0 Å². The lowest BCUT2D eigenvalue weighted by Crippen LogP contribution is -2.30. The SMILES string of the molecule is COc1cn(-c2ccccc2)nc1C(=O)NC[C@@H]1CCOC1. The fraction of sp³-hybridized carbons (Fsp3) is 0.375. The number of hydrogen-bond acceptors (Lipinski definition) is 4. The van der Waals surface area contributed by atoms with Crippen LogP contribution >= 0.6 is 0 Å². The summed E-state index contributed by atoms with van der Waals surface area (Å²) in [5, 5.41) is 7.25. The first kappa shape index (κ1) is 14.6. The third kappa shape index (κ3) is 3.12. The summed E-state index contributed by atoms with van der Waals surface area (Å²) < 4.78 is 12.2. The van der Waals surface area contributed by atoms with E-state index in [2.05, 4.69) is 10.4 Å². The van der Waals surface area contributed by atoms with Crippen molar-refractivity contribution in [3.05, 3.63) is 42.2 Å². The average Bonchev–Trinajstić information content (AvgIpc) is 3.22. The molecule has 2 heterocycles. The Morgan fingerprint density at radius 1 is 1.45 bits per heavy atom. The number of amides is 1. The van der Waals surface area contributed by atoms with Gasteiger partial charge in [0.1, 0.15) is 0 Å². The van der Waals surface area contributed by atoms with Gasteiger partial charge >= 0.3 is 0 Å². The van der Waals surface area contributed by atoms with Crippen molar-refractivity contribution in [1.82, 2.24) is 15.1 Å². The first-order valence-electron chi connectivity index (χ1n) is 7.33. The lowest BCUT2D eigenvalue weighted by atomic mass is 10.1. The van der Waals surface area contributed by atoms with E-state index < -0.39 is 0 Å². The zero-order chi connectivity index (χ0) is 15.4. The van der Waals surface area contributed by atoms with Gasteiger partial charge in [-0.1, -0.05) is 18.2 Å². The highest BCUT2D eigenvalue weighted by molar-refractivity contribution is 5.94. The first-order valence-corrected chi connectivity index (χ1v) is 7.33. The minimum Gasteiger partial charge on any atom is -0.493 e. The third-order valence-corrected chi connectivity index (χ3v) is 3.71. The van der Waals surface area contributed by atoms with Gasteiger partial charge in [-0.15, -0.1) is 0 Å². The van der Waals surface area contributed by atoms with Crippen molar-refractivity contribution in [1.29, 1.82) is 0 Å². The number of nitrogens with one attached hydrogen (secondary N) is 1. The van der Waals surface area contributed by atoms with E-state index in [-0.39, 0.29) is 5.91 Å². The topological polar surface area (TPSA) is 65.4 Å². The monoisotopic (exact) mass is 301 g/mol. The molecule has 0 unspecified atom stereocenters. The summed E-state index contributed by atoms with van der Waals surface area (Å²) in [6, 6.07) is 9.61. The van der Waals surface area contributed by atoms with Crippen molar-refractivity contribution < 1.29 is 14.3 Å². The standard InChI is InChI=1S/C16H19N3O3/c1-21-14-10-19(13-5-3-2-4-6-13)18-15(14)16(20)17-9-12-7-8-22-11-12/h2-6,10,12H,7-9,11H2,1H3,(H,17,20)/t12-/m0/s1. The van der Waals surface area contributed by atoms with Crippen molar-refractivity contribution in [3.8, 4) is 11.4 Å². The van der Waals surface area contributed by atoms with Crippen LogP contribution in [0.15, 0.2) is 36.5 Å². The Balaban J connectivity index is 1.74. The predicted octanol–water partition coefficient (Wildman–Crippen LogP) is 1.65. The summed E-state index contributed by atoms with van der Waals surface area (Å²) in [6.45, 7) is 2.07. The molecule has 1 aromatic heterocycles. The molecule has 1 saturated heterocycles. The molecule has 1 N–H and O–H groups in total. The number of carbonyl (C=O) groups is 1. The van der Waals surface area contributed by atoms with Gasteiger partial charge in [0, 0.05) is 19.1 Å². The summed E-state index contributed by atoms with van der Waals surface area (Å²) in [7, 11) is 1.54. The lowest BCUT2D eigenvalue weighted by molar-refractivity contribution is 0.0936. The first-order chi connectivity index (χ1) is 10.8. The molecule has 0 radical (unpaired) electrons. The Morgan fingerprint density at radius 2 is 2.27 bits per heavy atom. The number of para-hydroxylation sites is 1. The molecule has 2 aromatic rings. The summed E-state index contributed by atoms with van der Waals surface area (Å²) >= 11 is 0. The molecule has 3 rings (SSSR count). The molecule has 0 bridgehead atoms. The molecule has 0 aliphatic carbocycles. The fourth-order valence-corrected chi connectivity index (χ4v) is 2.44. The quantitative estimate of drug-likeness (QED) is 0.912. The van der Waals surface area contributed by atoms with Crippen LogP contribution in [-0.2, 0) is 4.74 Å². The molecular weight excluding hydrogens is 282 g/mol. The second-order valence-electron chi connectivity index (χ2n) is 5.27. The van der Waals surface area contributed by atoms with Gasteiger partial charge in [-0.25, -0.2) is 4.68 Å². The van der Waals surface area contributed by atoms with Crippen molar-refractivity contribution in [2.24, 2.45) is 5.92 Å². The maximum Gasteiger partial charge on any atom is 0.275 e. The lowest BCUT2D eigenvalue weighted by Gasteiger charge is -2.08. The number of benzene rings is 1. The predicted molar refractivity (Wildman–Crippen MR) is 81.4 cm³/mol. The highest BCUT2D eigenvalue weighted by Gasteiger charge is 2.21. The van der Waals surface area contributed by atoms with E-state index in [9.17, 15) is 4.79 Å². The summed E-state index contributed by atoms with van der Waals surface area (Å²) in [5.41, 5.74) is 1.18.